The fourth-order valence-electron chi connectivity index (χ4n) is 3.88. The first-order valence-electron chi connectivity index (χ1n) is 10.0. The minimum Gasteiger partial charge on any atom is -0.306 e. The van der Waals surface area contributed by atoms with Crippen molar-refractivity contribution >= 4 is 45.5 Å². The minimum atomic E-state index is 0.670. The lowest BCUT2D eigenvalue weighted by molar-refractivity contribution is 0.119. The highest BCUT2D eigenvalue weighted by atomic mass is 32.2. The Labute approximate surface area is 179 Å². The van der Waals surface area contributed by atoms with E-state index in [1.54, 1.807) is 23.1 Å². The van der Waals surface area contributed by atoms with Crippen molar-refractivity contribution < 1.29 is 0 Å². The molecule has 0 unspecified atom stereocenters. The molecule has 0 radical (unpaired) electrons. The highest BCUT2D eigenvalue weighted by Crippen LogP contribution is 2.31. The normalized spacial score (nSPS) is 15.7. The number of aromatic nitrogens is 4. The third kappa shape index (κ3) is 4.35. The fraction of sp³-hybridized carbons (Fsp3) is 0.550. The lowest BCUT2D eigenvalue weighted by Crippen LogP contribution is -2.38. The van der Waals surface area contributed by atoms with Crippen molar-refractivity contribution in [2.75, 3.05) is 6.54 Å². The Morgan fingerprint density at radius 1 is 1.25 bits per heavy atom. The second-order valence-corrected chi connectivity index (χ2v) is 9.95. The number of thioether (sulfide) groups is 1. The average molecular weight is 434 g/mol. The summed E-state index contributed by atoms with van der Waals surface area (Å²) in [6.45, 7) is 4.07. The van der Waals surface area contributed by atoms with Crippen LogP contribution in [0, 0.1) is 4.77 Å². The van der Waals surface area contributed by atoms with Crippen molar-refractivity contribution in [1.82, 2.24) is 24.2 Å². The number of para-hydroxylation sites is 1. The Bertz CT molecular complexity index is 950. The summed E-state index contributed by atoms with van der Waals surface area (Å²) < 4.78 is 7.16. The van der Waals surface area contributed by atoms with E-state index in [0.717, 1.165) is 39.4 Å². The van der Waals surface area contributed by atoms with E-state index in [9.17, 15) is 0 Å². The Morgan fingerprint density at radius 2 is 2.04 bits per heavy atom. The van der Waals surface area contributed by atoms with E-state index in [0.29, 0.717) is 6.04 Å². The van der Waals surface area contributed by atoms with Gasteiger partial charge in [0.1, 0.15) is 5.82 Å². The number of rotatable bonds is 7. The molecule has 3 aromatic rings. The highest BCUT2D eigenvalue weighted by Gasteiger charge is 2.21. The molecule has 0 bridgehead atoms. The summed E-state index contributed by atoms with van der Waals surface area (Å²) in [4.78, 5) is 7.25. The molecule has 8 heteroatoms. The molecule has 2 heterocycles. The van der Waals surface area contributed by atoms with E-state index in [-0.39, 0.29) is 0 Å². The van der Waals surface area contributed by atoms with Crippen LogP contribution in [0.5, 0.6) is 0 Å². The number of hydrogen-bond acceptors (Lipinski definition) is 6. The van der Waals surface area contributed by atoms with Gasteiger partial charge in [-0.3, -0.25) is 4.90 Å². The van der Waals surface area contributed by atoms with E-state index in [2.05, 4.69) is 30.0 Å². The zero-order chi connectivity index (χ0) is 19.5. The molecular weight excluding hydrogens is 406 g/mol. The molecule has 1 aliphatic rings. The van der Waals surface area contributed by atoms with Gasteiger partial charge in [-0.2, -0.15) is 5.10 Å². The quantitative estimate of drug-likeness (QED) is 0.365. The Balaban J connectivity index is 1.45. The summed E-state index contributed by atoms with van der Waals surface area (Å²) in [6.07, 6.45) is 6.67. The summed E-state index contributed by atoms with van der Waals surface area (Å²) in [5.41, 5.74) is 1.07. The molecular formula is C20H27N5S3. The van der Waals surface area contributed by atoms with Crippen LogP contribution in [0.4, 0.5) is 0 Å². The molecule has 28 heavy (non-hydrogen) atoms. The summed E-state index contributed by atoms with van der Waals surface area (Å²) in [5.74, 6) is 1.79. The van der Waals surface area contributed by atoms with Crippen molar-refractivity contribution in [3.8, 4) is 0 Å². The fourth-order valence-corrected chi connectivity index (χ4v) is 6.13. The second kappa shape index (κ2) is 9.07. The molecule has 150 valence electrons. The van der Waals surface area contributed by atoms with Crippen LogP contribution in [0.1, 0.15) is 44.9 Å². The van der Waals surface area contributed by atoms with Gasteiger partial charge in [0.15, 0.2) is 9.11 Å². The number of fused-ring (bicyclic) bond motifs is 1. The first-order chi connectivity index (χ1) is 13.7. The Morgan fingerprint density at radius 3 is 2.79 bits per heavy atom. The topological polar surface area (TPSA) is 38.9 Å². The maximum absolute atomic E-state index is 5.68. The largest absolute Gasteiger partial charge is 0.306 e. The van der Waals surface area contributed by atoms with Gasteiger partial charge in [0.2, 0.25) is 0 Å². The van der Waals surface area contributed by atoms with Crippen molar-refractivity contribution in [3.05, 3.63) is 34.9 Å². The molecule has 0 saturated heterocycles. The van der Waals surface area contributed by atoms with Gasteiger partial charge < -0.3 is 4.57 Å². The molecule has 0 N–H and O–H groups in total. The van der Waals surface area contributed by atoms with Gasteiger partial charge in [0.05, 0.1) is 22.6 Å². The minimum absolute atomic E-state index is 0.670. The average Bonchev–Trinajstić information content (AvgIpc) is 3.26. The molecule has 4 rings (SSSR count). The van der Waals surface area contributed by atoms with Crippen LogP contribution < -0.4 is 0 Å². The summed E-state index contributed by atoms with van der Waals surface area (Å²) in [5, 5.41) is 4.85. The molecule has 2 aromatic heterocycles. The summed E-state index contributed by atoms with van der Waals surface area (Å²) in [7, 11) is 2.02. The molecule has 1 aliphatic carbocycles. The van der Waals surface area contributed by atoms with E-state index in [1.807, 2.05) is 22.4 Å². The molecule has 1 saturated carbocycles. The van der Waals surface area contributed by atoms with Crippen molar-refractivity contribution in [2.24, 2.45) is 7.05 Å². The van der Waals surface area contributed by atoms with Crippen LogP contribution in [-0.2, 0) is 19.5 Å². The zero-order valence-corrected chi connectivity index (χ0v) is 19.0. The van der Waals surface area contributed by atoms with Gasteiger partial charge in [-0.15, -0.1) is 11.3 Å². The van der Waals surface area contributed by atoms with Crippen molar-refractivity contribution in [2.45, 2.75) is 61.8 Å². The lowest BCUT2D eigenvalue weighted by atomic mass is 9.94. The molecule has 0 atom stereocenters. The van der Waals surface area contributed by atoms with Crippen molar-refractivity contribution in [3.63, 3.8) is 0 Å². The predicted molar refractivity (Wildman–Crippen MR) is 120 cm³/mol. The Hall–Kier alpha value is -1.22. The van der Waals surface area contributed by atoms with Crippen LogP contribution in [0.3, 0.4) is 0 Å². The predicted octanol–water partition coefficient (Wildman–Crippen LogP) is 5.47. The van der Waals surface area contributed by atoms with Gasteiger partial charge in [0.25, 0.3) is 0 Å². The van der Waals surface area contributed by atoms with E-state index >= 15 is 0 Å². The van der Waals surface area contributed by atoms with Gasteiger partial charge in [-0.1, -0.05) is 50.1 Å². The van der Waals surface area contributed by atoms with E-state index in [4.69, 9.17) is 22.3 Å². The molecule has 1 fully saturated rings. The SMILES string of the molecule is CCN(Cn1nc(CSc2nc3ccccc3s2)n(C)c1=S)C1CCCCC1. The smallest absolute Gasteiger partial charge is 0.198 e. The maximum atomic E-state index is 5.68. The first-order valence-corrected chi connectivity index (χ1v) is 12.2. The summed E-state index contributed by atoms with van der Waals surface area (Å²) >= 11 is 9.16. The van der Waals surface area contributed by atoms with Crippen LogP contribution >= 0.6 is 35.3 Å². The van der Waals surface area contributed by atoms with Gasteiger partial charge >= 0.3 is 0 Å². The van der Waals surface area contributed by atoms with Gasteiger partial charge in [-0.25, -0.2) is 9.67 Å². The van der Waals surface area contributed by atoms with Crippen LogP contribution in [-0.4, -0.2) is 36.8 Å². The molecule has 0 amide bonds. The molecule has 5 nitrogen and oxygen atoms in total. The molecule has 0 spiro atoms. The van der Waals surface area contributed by atoms with Crippen LogP contribution in [0.2, 0.25) is 0 Å². The maximum Gasteiger partial charge on any atom is 0.198 e. The molecule has 1 aromatic carbocycles. The van der Waals surface area contributed by atoms with E-state index < -0.39 is 0 Å². The van der Waals surface area contributed by atoms with Gasteiger partial charge in [-0.05, 0) is 43.7 Å². The number of nitrogens with zero attached hydrogens (tertiary/aromatic N) is 5. The van der Waals surface area contributed by atoms with E-state index in [1.165, 1.54) is 36.8 Å². The monoisotopic (exact) mass is 433 g/mol. The van der Waals surface area contributed by atoms with Crippen molar-refractivity contribution in [1.29, 1.82) is 0 Å². The van der Waals surface area contributed by atoms with Crippen LogP contribution in [0.15, 0.2) is 28.6 Å². The third-order valence-electron chi connectivity index (χ3n) is 5.54. The number of thiazole rings is 1. The zero-order valence-electron chi connectivity index (χ0n) is 16.5. The van der Waals surface area contributed by atoms with Gasteiger partial charge in [0, 0.05) is 13.1 Å². The standard InChI is InChI=1S/C20H27N5S3/c1-3-24(15-9-5-4-6-10-15)14-25-20(26)23(2)18(22-25)13-27-19-21-16-11-7-8-12-17(16)28-19/h7-8,11-12,15H,3-6,9-10,13-14H2,1-2H3. The number of hydrogen-bond donors (Lipinski definition) is 0. The third-order valence-corrected chi connectivity index (χ3v) is 8.20. The number of benzene rings is 1. The highest BCUT2D eigenvalue weighted by molar-refractivity contribution is 8.00. The summed E-state index contributed by atoms with van der Waals surface area (Å²) in [6, 6.07) is 8.96. The molecule has 0 aliphatic heterocycles. The Kier molecular flexibility index (Phi) is 6.50. The first kappa shape index (κ1) is 20.1. The van der Waals surface area contributed by atoms with Crippen LogP contribution in [0.25, 0.3) is 10.2 Å². The second-order valence-electron chi connectivity index (χ2n) is 7.33. The lowest BCUT2D eigenvalue weighted by Gasteiger charge is -2.33.